The van der Waals surface area contributed by atoms with Gasteiger partial charge in [0, 0.05) is 29.6 Å². The smallest absolute Gasteiger partial charge is 0.349 e. The van der Waals surface area contributed by atoms with Gasteiger partial charge in [-0.25, -0.2) is 4.79 Å². The van der Waals surface area contributed by atoms with Gasteiger partial charge >= 0.3 is 5.63 Å². The van der Waals surface area contributed by atoms with E-state index in [-0.39, 0.29) is 11.5 Å². The zero-order valence-corrected chi connectivity index (χ0v) is 15.7. The van der Waals surface area contributed by atoms with Crippen molar-refractivity contribution in [2.45, 2.75) is 19.8 Å². The minimum atomic E-state index is -0.627. The summed E-state index contributed by atoms with van der Waals surface area (Å²) in [7, 11) is 0. The number of rotatable bonds is 3. The number of anilines is 1. The van der Waals surface area contributed by atoms with Gasteiger partial charge in [-0.1, -0.05) is 30.3 Å². The van der Waals surface area contributed by atoms with Crippen LogP contribution in [0.1, 0.15) is 28.7 Å². The van der Waals surface area contributed by atoms with Crippen molar-refractivity contribution >= 4 is 22.6 Å². The number of carbonyl (C=O) groups excluding carboxylic acids is 1. The number of amides is 1. The van der Waals surface area contributed by atoms with Crippen molar-refractivity contribution in [2.75, 3.05) is 11.4 Å². The first-order valence-corrected chi connectivity index (χ1v) is 9.44. The van der Waals surface area contributed by atoms with E-state index < -0.39 is 5.63 Å². The fourth-order valence-corrected chi connectivity index (χ4v) is 3.62. The number of nitrogens with zero attached hydrogens (tertiary/aromatic N) is 3. The van der Waals surface area contributed by atoms with E-state index in [9.17, 15) is 9.59 Å². The molecule has 2 aromatic carbocycles. The number of aryl methyl sites for hydroxylation is 1. The highest BCUT2D eigenvalue weighted by Crippen LogP contribution is 2.32. The number of fused-ring (bicyclic) bond motifs is 2. The molecule has 1 aliphatic rings. The topological polar surface area (TPSA) is 89.4 Å². The quantitative estimate of drug-likeness (QED) is 0.499. The second-order valence-corrected chi connectivity index (χ2v) is 6.90. The predicted molar refractivity (Wildman–Crippen MR) is 107 cm³/mol. The summed E-state index contributed by atoms with van der Waals surface area (Å²) in [4.78, 5) is 31.4. The molecule has 144 valence electrons. The molecule has 7 heteroatoms. The van der Waals surface area contributed by atoms with E-state index in [1.54, 1.807) is 23.1 Å². The molecule has 1 amide bonds. The standard InChI is InChI=1S/C22H17N3O4/c1-2-19-23-20(24-29-19)15-7-8-17-13(11-15)9-10-25(17)21(26)16-12-14-5-3-4-6-18(14)28-22(16)27/h3-8,11-12H,2,9-10H2,1H3. The molecule has 5 rings (SSSR count). The number of aromatic nitrogens is 2. The van der Waals surface area contributed by atoms with Gasteiger partial charge in [-0.2, -0.15) is 4.98 Å². The maximum Gasteiger partial charge on any atom is 0.349 e. The first-order valence-electron chi connectivity index (χ1n) is 9.44. The van der Waals surface area contributed by atoms with E-state index in [2.05, 4.69) is 10.1 Å². The number of para-hydroxylation sites is 1. The van der Waals surface area contributed by atoms with E-state index >= 15 is 0 Å². The van der Waals surface area contributed by atoms with Crippen LogP contribution in [0.2, 0.25) is 0 Å². The lowest BCUT2D eigenvalue weighted by atomic mass is 10.1. The maximum atomic E-state index is 13.1. The van der Waals surface area contributed by atoms with Gasteiger partial charge in [0.15, 0.2) is 0 Å². The SMILES string of the molecule is CCc1nc(-c2ccc3c(c2)CCN3C(=O)c2cc3ccccc3oc2=O)no1. The van der Waals surface area contributed by atoms with Crippen molar-refractivity contribution in [1.29, 1.82) is 0 Å². The average molecular weight is 387 g/mol. The van der Waals surface area contributed by atoms with E-state index in [1.165, 1.54) is 0 Å². The van der Waals surface area contributed by atoms with E-state index in [1.807, 2.05) is 37.3 Å². The van der Waals surface area contributed by atoms with Crippen LogP contribution in [0.3, 0.4) is 0 Å². The lowest BCUT2D eigenvalue weighted by Gasteiger charge is -2.17. The van der Waals surface area contributed by atoms with Crippen LogP contribution >= 0.6 is 0 Å². The van der Waals surface area contributed by atoms with E-state index in [0.717, 1.165) is 16.8 Å². The van der Waals surface area contributed by atoms with Gasteiger partial charge in [-0.05, 0) is 42.3 Å². The second-order valence-electron chi connectivity index (χ2n) is 6.90. The maximum absolute atomic E-state index is 13.1. The predicted octanol–water partition coefficient (Wildman–Crippen LogP) is 3.61. The highest BCUT2D eigenvalue weighted by atomic mass is 16.5. The highest BCUT2D eigenvalue weighted by molar-refractivity contribution is 6.08. The lowest BCUT2D eigenvalue weighted by molar-refractivity contribution is 0.0986. The third-order valence-electron chi connectivity index (χ3n) is 5.12. The largest absolute Gasteiger partial charge is 0.422 e. The Labute approximate surface area is 165 Å². The Morgan fingerprint density at radius 1 is 1.17 bits per heavy atom. The Bertz CT molecular complexity index is 1300. The Kier molecular flexibility index (Phi) is 4.01. The molecular formula is C22H17N3O4. The summed E-state index contributed by atoms with van der Waals surface area (Å²) in [5, 5.41) is 4.72. The minimum absolute atomic E-state index is 0.0337. The summed E-state index contributed by atoms with van der Waals surface area (Å²) in [5.41, 5.74) is 2.50. The van der Waals surface area contributed by atoms with Gasteiger partial charge < -0.3 is 13.8 Å². The fourth-order valence-electron chi connectivity index (χ4n) is 3.62. The summed E-state index contributed by atoms with van der Waals surface area (Å²) in [6.45, 7) is 2.45. The number of carbonyl (C=O) groups is 1. The van der Waals surface area contributed by atoms with Crippen LogP contribution in [0, 0.1) is 0 Å². The molecule has 0 saturated carbocycles. The Morgan fingerprint density at radius 3 is 2.86 bits per heavy atom. The van der Waals surface area contributed by atoms with E-state index in [4.69, 9.17) is 8.94 Å². The summed E-state index contributed by atoms with van der Waals surface area (Å²) >= 11 is 0. The molecule has 0 unspecified atom stereocenters. The van der Waals surface area contributed by atoms with Gasteiger partial charge in [0.2, 0.25) is 11.7 Å². The molecule has 0 radical (unpaired) electrons. The van der Waals surface area contributed by atoms with Crippen LogP contribution in [0.5, 0.6) is 0 Å². The van der Waals surface area contributed by atoms with Crippen LogP contribution < -0.4 is 10.5 Å². The molecule has 4 aromatic rings. The normalized spacial score (nSPS) is 13.1. The molecule has 0 N–H and O–H groups in total. The van der Waals surface area contributed by atoms with Gasteiger partial charge in [0.05, 0.1) is 0 Å². The zero-order chi connectivity index (χ0) is 20.0. The second kappa shape index (κ2) is 6.70. The molecule has 0 bridgehead atoms. The molecule has 3 heterocycles. The molecule has 7 nitrogen and oxygen atoms in total. The molecule has 1 aliphatic heterocycles. The molecule has 0 atom stereocenters. The molecule has 0 fully saturated rings. The monoisotopic (exact) mass is 387 g/mol. The van der Waals surface area contributed by atoms with Gasteiger partial charge in [0.25, 0.3) is 5.91 Å². The molecule has 2 aromatic heterocycles. The zero-order valence-electron chi connectivity index (χ0n) is 15.7. The van der Waals surface area contributed by atoms with Crippen molar-refractivity contribution in [3.63, 3.8) is 0 Å². The van der Waals surface area contributed by atoms with Crippen molar-refractivity contribution in [1.82, 2.24) is 10.1 Å². The Balaban J connectivity index is 1.49. The van der Waals surface area contributed by atoms with Gasteiger partial charge in [-0.3, -0.25) is 4.79 Å². The van der Waals surface area contributed by atoms with Crippen molar-refractivity contribution < 1.29 is 13.7 Å². The first-order chi connectivity index (χ1) is 14.1. The summed E-state index contributed by atoms with van der Waals surface area (Å²) in [6, 6.07) is 14.4. The van der Waals surface area contributed by atoms with Crippen molar-refractivity contribution in [3.8, 4) is 11.4 Å². The summed E-state index contributed by atoms with van der Waals surface area (Å²) in [6.07, 6.45) is 1.36. The molecule has 0 spiro atoms. The van der Waals surface area contributed by atoms with Gasteiger partial charge in [0.1, 0.15) is 11.1 Å². The highest BCUT2D eigenvalue weighted by Gasteiger charge is 2.28. The van der Waals surface area contributed by atoms with Crippen LogP contribution in [0.25, 0.3) is 22.4 Å². The third-order valence-corrected chi connectivity index (χ3v) is 5.12. The Morgan fingerprint density at radius 2 is 2.03 bits per heavy atom. The van der Waals surface area contributed by atoms with Crippen LogP contribution in [-0.2, 0) is 12.8 Å². The lowest BCUT2D eigenvalue weighted by Crippen LogP contribution is -2.32. The average Bonchev–Trinajstić information content (AvgIpc) is 3.39. The first kappa shape index (κ1) is 17.4. The molecule has 29 heavy (non-hydrogen) atoms. The molecule has 0 saturated heterocycles. The van der Waals surface area contributed by atoms with Crippen LogP contribution in [0.15, 0.2) is 62.3 Å². The Hall–Kier alpha value is -3.74. The summed E-state index contributed by atoms with van der Waals surface area (Å²) < 4.78 is 10.5. The third kappa shape index (κ3) is 2.91. The number of benzene rings is 2. The molecular weight excluding hydrogens is 370 g/mol. The summed E-state index contributed by atoms with van der Waals surface area (Å²) in [5.74, 6) is 0.758. The van der Waals surface area contributed by atoms with Crippen LogP contribution in [-0.4, -0.2) is 22.6 Å². The van der Waals surface area contributed by atoms with Crippen molar-refractivity contribution in [2.24, 2.45) is 0 Å². The number of hydrogen-bond acceptors (Lipinski definition) is 6. The minimum Gasteiger partial charge on any atom is -0.422 e. The molecule has 0 aliphatic carbocycles. The van der Waals surface area contributed by atoms with E-state index in [0.29, 0.717) is 42.1 Å². The van der Waals surface area contributed by atoms with Crippen molar-refractivity contribution in [3.05, 3.63) is 76.0 Å². The number of hydrogen-bond donors (Lipinski definition) is 0. The van der Waals surface area contributed by atoms with Gasteiger partial charge in [-0.15, -0.1) is 0 Å². The van der Waals surface area contributed by atoms with Crippen LogP contribution in [0.4, 0.5) is 5.69 Å². The fraction of sp³-hybridized carbons (Fsp3) is 0.182.